The maximum absolute atomic E-state index is 6.34. The fraction of sp³-hybridized carbons (Fsp3) is 0.357. The first-order chi connectivity index (χ1) is 9.15. The summed E-state index contributed by atoms with van der Waals surface area (Å²) in [4.78, 5) is 5.53. The smallest absolute Gasteiger partial charge is 0.161 e. The summed E-state index contributed by atoms with van der Waals surface area (Å²) in [7, 11) is 0. The van der Waals surface area contributed by atoms with Crippen LogP contribution in [0.25, 0.3) is 0 Å². The van der Waals surface area contributed by atoms with Gasteiger partial charge in [-0.2, -0.15) is 0 Å². The molecule has 1 aromatic carbocycles. The maximum Gasteiger partial charge on any atom is 0.161 e. The number of ether oxygens (including phenoxy) is 2. The molecule has 0 bridgehead atoms. The van der Waals surface area contributed by atoms with Crippen molar-refractivity contribution in [1.29, 1.82) is 0 Å². The molecule has 1 aliphatic rings. The summed E-state index contributed by atoms with van der Waals surface area (Å²) < 4.78 is 11.1. The van der Waals surface area contributed by atoms with E-state index in [2.05, 4.69) is 4.98 Å². The molecule has 2 heterocycles. The largest absolute Gasteiger partial charge is 0.486 e. The number of aromatic nitrogens is 1. The first-order valence-corrected chi connectivity index (χ1v) is 7.06. The quantitative estimate of drug-likeness (QED) is 0.916. The molecule has 0 saturated heterocycles. The number of aryl methyl sites for hydroxylation is 2. The van der Waals surface area contributed by atoms with Crippen molar-refractivity contribution >= 4 is 11.3 Å². The lowest BCUT2D eigenvalue weighted by Gasteiger charge is -2.20. The van der Waals surface area contributed by atoms with Gasteiger partial charge in [0.1, 0.15) is 13.2 Å². The van der Waals surface area contributed by atoms with Gasteiger partial charge in [0.15, 0.2) is 11.5 Å². The predicted octanol–water partition coefficient (Wildman–Crippen LogP) is 2.58. The monoisotopic (exact) mass is 276 g/mol. The van der Waals surface area contributed by atoms with E-state index in [0.717, 1.165) is 32.6 Å². The van der Waals surface area contributed by atoms with Gasteiger partial charge in [-0.3, -0.25) is 0 Å². The Balaban J connectivity index is 1.95. The molecule has 0 amide bonds. The third-order valence-electron chi connectivity index (χ3n) is 3.15. The molecule has 1 aliphatic heterocycles. The van der Waals surface area contributed by atoms with Crippen molar-refractivity contribution < 1.29 is 9.47 Å². The lowest BCUT2D eigenvalue weighted by atomic mass is 10.0. The average molecular weight is 276 g/mol. The highest BCUT2D eigenvalue weighted by molar-refractivity contribution is 7.11. The molecule has 1 unspecified atom stereocenters. The molecule has 19 heavy (non-hydrogen) atoms. The van der Waals surface area contributed by atoms with Gasteiger partial charge in [-0.15, -0.1) is 11.3 Å². The normalized spacial score (nSPS) is 15.3. The van der Waals surface area contributed by atoms with E-state index in [1.54, 1.807) is 11.3 Å². The Hall–Kier alpha value is -1.59. The minimum absolute atomic E-state index is 0.165. The number of fused-ring (bicyclic) bond motifs is 1. The second kappa shape index (κ2) is 4.83. The fourth-order valence-corrected chi connectivity index (χ4v) is 3.20. The summed E-state index contributed by atoms with van der Waals surface area (Å²) in [5, 5.41) is 1.04. The summed E-state index contributed by atoms with van der Waals surface area (Å²) in [5.74, 6) is 1.57. The molecule has 0 spiro atoms. The predicted molar refractivity (Wildman–Crippen MR) is 75.1 cm³/mol. The average Bonchev–Trinajstić information content (AvgIpc) is 2.76. The van der Waals surface area contributed by atoms with Gasteiger partial charge in [0.2, 0.25) is 0 Å². The molecular formula is C14H16N2O2S. The van der Waals surface area contributed by atoms with Crippen LogP contribution in [0.5, 0.6) is 11.5 Å². The summed E-state index contributed by atoms with van der Waals surface area (Å²) in [6, 6.07) is 5.72. The number of rotatable bonds is 2. The fourth-order valence-electron chi connectivity index (χ4n) is 2.24. The van der Waals surface area contributed by atoms with Crippen LogP contribution >= 0.6 is 11.3 Å². The molecule has 5 heteroatoms. The number of nitrogens with zero attached hydrogens (tertiary/aromatic N) is 1. The molecule has 2 aromatic rings. The maximum atomic E-state index is 6.34. The first kappa shape index (κ1) is 12.4. The highest BCUT2D eigenvalue weighted by Crippen LogP contribution is 2.35. The topological polar surface area (TPSA) is 57.4 Å². The Kier molecular flexibility index (Phi) is 3.16. The lowest BCUT2D eigenvalue weighted by Crippen LogP contribution is -2.17. The zero-order valence-electron chi connectivity index (χ0n) is 11.0. The second-order valence-electron chi connectivity index (χ2n) is 4.56. The van der Waals surface area contributed by atoms with E-state index in [0.29, 0.717) is 13.2 Å². The van der Waals surface area contributed by atoms with Gasteiger partial charge in [0, 0.05) is 4.88 Å². The van der Waals surface area contributed by atoms with E-state index < -0.39 is 0 Å². The van der Waals surface area contributed by atoms with Crippen molar-refractivity contribution in [3.63, 3.8) is 0 Å². The van der Waals surface area contributed by atoms with Crippen LogP contribution < -0.4 is 15.2 Å². The van der Waals surface area contributed by atoms with Gasteiger partial charge in [0.05, 0.1) is 16.7 Å². The first-order valence-electron chi connectivity index (χ1n) is 6.24. The Morgan fingerprint density at radius 2 is 1.95 bits per heavy atom. The standard InChI is InChI=1S/C14H16N2O2S/c1-8-14(19-9(2)16-8)13(15)10-3-4-11-12(7-10)18-6-5-17-11/h3-4,7,13H,5-6,15H2,1-2H3. The van der Waals surface area contributed by atoms with Crippen molar-refractivity contribution in [3.05, 3.63) is 39.3 Å². The molecular weight excluding hydrogens is 260 g/mol. The molecule has 3 rings (SSSR count). The zero-order valence-corrected chi connectivity index (χ0v) is 11.8. The van der Waals surface area contributed by atoms with Gasteiger partial charge in [0.25, 0.3) is 0 Å². The van der Waals surface area contributed by atoms with E-state index in [1.807, 2.05) is 32.0 Å². The van der Waals surface area contributed by atoms with Crippen molar-refractivity contribution in [2.45, 2.75) is 19.9 Å². The van der Waals surface area contributed by atoms with Gasteiger partial charge in [-0.1, -0.05) is 6.07 Å². The van der Waals surface area contributed by atoms with Gasteiger partial charge in [-0.25, -0.2) is 4.98 Å². The van der Waals surface area contributed by atoms with Gasteiger partial charge < -0.3 is 15.2 Å². The number of benzene rings is 1. The summed E-state index contributed by atoms with van der Waals surface area (Å²) >= 11 is 1.65. The van der Waals surface area contributed by atoms with E-state index in [4.69, 9.17) is 15.2 Å². The van der Waals surface area contributed by atoms with Crippen LogP contribution in [0.1, 0.15) is 27.2 Å². The van der Waals surface area contributed by atoms with Crippen LogP contribution in [-0.2, 0) is 0 Å². The molecule has 0 aliphatic carbocycles. The van der Waals surface area contributed by atoms with Gasteiger partial charge >= 0.3 is 0 Å². The van der Waals surface area contributed by atoms with Crippen molar-refractivity contribution in [2.75, 3.05) is 13.2 Å². The third-order valence-corrected chi connectivity index (χ3v) is 4.30. The molecule has 0 radical (unpaired) electrons. The molecule has 1 atom stereocenters. The van der Waals surface area contributed by atoms with Gasteiger partial charge in [-0.05, 0) is 31.5 Å². The van der Waals surface area contributed by atoms with E-state index in [-0.39, 0.29) is 6.04 Å². The highest BCUT2D eigenvalue weighted by atomic mass is 32.1. The minimum Gasteiger partial charge on any atom is -0.486 e. The van der Waals surface area contributed by atoms with E-state index in [1.165, 1.54) is 0 Å². The van der Waals surface area contributed by atoms with Crippen LogP contribution in [0.3, 0.4) is 0 Å². The lowest BCUT2D eigenvalue weighted by molar-refractivity contribution is 0.171. The van der Waals surface area contributed by atoms with E-state index >= 15 is 0 Å². The van der Waals surface area contributed by atoms with Crippen molar-refractivity contribution in [1.82, 2.24) is 4.98 Å². The van der Waals surface area contributed by atoms with E-state index in [9.17, 15) is 0 Å². The van der Waals surface area contributed by atoms with Crippen LogP contribution in [0, 0.1) is 13.8 Å². The molecule has 4 nitrogen and oxygen atoms in total. The van der Waals surface area contributed by atoms with Crippen LogP contribution in [0.4, 0.5) is 0 Å². The number of hydrogen-bond acceptors (Lipinski definition) is 5. The summed E-state index contributed by atoms with van der Waals surface area (Å²) in [6.45, 7) is 5.18. The van der Waals surface area contributed by atoms with Crippen LogP contribution in [0.15, 0.2) is 18.2 Å². The highest BCUT2D eigenvalue weighted by Gasteiger charge is 2.19. The number of thiazole rings is 1. The zero-order chi connectivity index (χ0) is 13.4. The molecule has 0 fully saturated rings. The number of hydrogen-bond donors (Lipinski definition) is 1. The molecule has 100 valence electrons. The Labute approximate surface area is 116 Å². The Morgan fingerprint density at radius 3 is 2.63 bits per heavy atom. The van der Waals surface area contributed by atoms with Crippen LogP contribution in [-0.4, -0.2) is 18.2 Å². The van der Waals surface area contributed by atoms with Crippen LogP contribution in [0.2, 0.25) is 0 Å². The SMILES string of the molecule is Cc1nc(C)c(C(N)c2ccc3c(c2)OCCO3)s1. The second-order valence-corrected chi connectivity index (χ2v) is 5.80. The summed E-state index contributed by atoms with van der Waals surface area (Å²) in [6.07, 6.45) is 0. The summed E-state index contributed by atoms with van der Waals surface area (Å²) in [5.41, 5.74) is 8.37. The van der Waals surface area contributed by atoms with Crippen molar-refractivity contribution in [2.24, 2.45) is 5.73 Å². The minimum atomic E-state index is -0.165. The molecule has 1 aromatic heterocycles. The molecule has 0 saturated carbocycles. The number of nitrogens with two attached hydrogens (primary N) is 1. The Morgan fingerprint density at radius 1 is 1.21 bits per heavy atom. The Bertz CT molecular complexity index is 609. The van der Waals surface area contributed by atoms with Crippen molar-refractivity contribution in [3.8, 4) is 11.5 Å². The third kappa shape index (κ3) is 2.31. The molecule has 2 N–H and O–H groups in total.